The molecule has 2 rings (SSSR count). The molecule has 104 valence electrons. The highest BCUT2D eigenvalue weighted by Gasteiger charge is 2.29. The number of rotatable bonds is 3. The Kier molecular flexibility index (Phi) is 4.27. The SMILES string of the molecule is O=C(c1c(O)cccc1O)N1CCCCC1CCO. The van der Waals surface area contributed by atoms with Crippen LogP contribution < -0.4 is 0 Å². The predicted octanol–water partition coefficient (Wildman–Crippen LogP) is 1.47. The van der Waals surface area contributed by atoms with E-state index in [0.717, 1.165) is 19.3 Å². The molecule has 1 fully saturated rings. The average Bonchev–Trinajstić information content (AvgIpc) is 2.39. The zero-order valence-corrected chi connectivity index (χ0v) is 10.7. The summed E-state index contributed by atoms with van der Waals surface area (Å²) in [6.45, 7) is 0.623. The highest BCUT2D eigenvalue weighted by molar-refractivity contribution is 5.99. The molecule has 0 bridgehead atoms. The Labute approximate surface area is 112 Å². The van der Waals surface area contributed by atoms with Gasteiger partial charge in [-0.25, -0.2) is 0 Å². The maximum Gasteiger partial charge on any atom is 0.261 e. The molecule has 5 nitrogen and oxygen atoms in total. The molecule has 1 aromatic rings. The van der Waals surface area contributed by atoms with Gasteiger partial charge in [0.25, 0.3) is 5.91 Å². The smallest absolute Gasteiger partial charge is 0.261 e. The van der Waals surface area contributed by atoms with Gasteiger partial charge in [-0.05, 0) is 37.8 Å². The monoisotopic (exact) mass is 265 g/mol. The van der Waals surface area contributed by atoms with Crippen molar-refractivity contribution in [1.82, 2.24) is 4.90 Å². The number of amides is 1. The van der Waals surface area contributed by atoms with Gasteiger partial charge in [0.15, 0.2) is 0 Å². The second kappa shape index (κ2) is 5.93. The summed E-state index contributed by atoms with van der Waals surface area (Å²) in [4.78, 5) is 14.1. The van der Waals surface area contributed by atoms with E-state index in [0.29, 0.717) is 13.0 Å². The lowest BCUT2D eigenvalue weighted by Crippen LogP contribution is -2.44. The van der Waals surface area contributed by atoms with E-state index >= 15 is 0 Å². The molecule has 1 aliphatic heterocycles. The quantitative estimate of drug-likeness (QED) is 0.773. The molecule has 1 unspecified atom stereocenters. The number of phenols is 2. The molecule has 1 heterocycles. The van der Waals surface area contributed by atoms with Crippen LogP contribution in [0.2, 0.25) is 0 Å². The molecule has 1 aliphatic rings. The van der Waals surface area contributed by atoms with Crippen LogP contribution in [0.15, 0.2) is 18.2 Å². The lowest BCUT2D eigenvalue weighted by Gasteiger charge is -2.35. The number of aliphatic hydroxyl groups excluding tert-OH is 1. The Balaban J connectivity index is 2.26. The summed E-state index contributed by atoms with van der Waals surface area (Å²) >= 11 is 0. The largest absolute Gasteiger partial charge is 0.507 e. The van der Waals surface area contributed by atoms with Crippen molar-refractivity contribution >= 4 is 5.91 Å². The number of carbonyl (C=O) groups is 1. The van der Waals surface area contributed by atoms with E-state index in [4.69, 9.17) is 5.11 Å². The fraction of sp³-hybridized carbons (Fsp3) is 0.500. The van der Waals surface area contributed by atoms with Crippen molar-refractivity contribution in [1.29, 1.82) is 0 Å². The second-order valence-electron chi connectivity index (χ2n) is 4.83. The van der Waals surface area contributed by atoms with Crippen LogP contribution in [-0.2, 0) is 0 Å². The molecule has 0 aromatic heterocycles. The van der Waals surface area contributed by atoms with Crippen LogP contribution >= 0.6 is 0 Å². The molecule has 3 N–H and O–H groups in total. The van der Waals surface area contributed by atoms with E-state index in [1.807, 2.05) is 0 Å². The first-order chi connectivity index (χ1) is 9.15. The van der Waals surface area contributed by atoms with Gasteiger partial charge in [-0.3, -0.25) is 4.79 Å². The second-order valence-corrected chi connectivity index (χ2v) is 4.83. The molecule has 19 heavy (non-hydrogen) atoms. The third kappa shape index (κ3) is 2.81. The Hall–Kier alpha value is -1.75. The number of aliphatic hydroxyl groups is 1. The van der Waals surface area contributed by atoms with E-state index in [1.165, 1.54) is 18.2 Å². The summed E-state index contributed by atoms with van der Waals surface area (Å²) < 4.78 is 0. The number of aromatic hydroxyl groups is 2. The number of piperidine rings is 1. The van der Waals surface area contributed by atoms with Crippen molar-refractivity contribution in [3.8, 4) is 11.5 Å². The molecular weight excluding hydrogens is 246 g/mol. The van der Waals surface area contributed by atoms with Gasteiger partial charge in [-0.2, -0.15) is 0 Å². The Morgan fingerprint density at radius 2 is 1.95 bits per heavy atom. The summed E-state index contributed by atoms with van der Waals surface area (Å²) in [6.07, 6.45) is 3.31. The topological polar surface area (TPSA) is 81.0 Å². The minimum Gasteiger partial charge on any atom is -0.507 e. The lowest BCUT2D eigenvalue weighted by molar-refractivity contribution is 0.0568. The number of nitrogens with zero attached hydrogens (tertiary/aromatic N) is 1. The zero-order chi connectivity index (χ0) is 13.8. The van der Waals surface area contributed by atoms with Crippen molar-refractivity contribution in [2.45, 2.75) is 31.7 Å². The molecule has 1 saturated heterocycles. The molecule has 0 aliphatic carbocycles. The fourth-order valence-corrected chi connectivity index (χ4v) is 2.61. The van der Waals surface area contributed by atoms with Crippen LogP contribution in [0.25, 0.3) is 0 Å². The number of phenolic OH excluding ortho intramolecular Hbond substituents is 2. The van der Waals surface area contributed by atoms with Gasteiger partial charge in [-0.15, -0.1) is 0 Å². The summed E-state index contributed by atoms with van der Waals surface area (Å²) in [7, 11) is 0. The zero-order valence-electron chi connectivity index (χ0n) is 10.7. The fourth-order valence-electron chi connectivity index (χ4n) is 2.61. The number of benzene rings is 1. The molecule has 5 heteroatoms. The van der Waals surface area contributed by atoms with E-state index < -0.39 is 0 Å². The summed E-state index contributed by atoms with van der Waals surface area (Å²) in [5, 5.41) is 28.6. The first-order valence-corrected chi connectivity index (χ1v) is 6.58. The van der Waals surface area contributed by atoms with E-state index in [1.54, 1.807) is 4.90 Å². The van der Waals surface area contributed by atoms with Gasteiger partial charge in [0.2, 0.25) is 0 Å². The molecule has 0 saturated carbocycles. The maximum absolute atomic E-state index is 12.5. The summed E-state index contributed by atoms with van der Waals surface area (Å²) in [5.41, 5.74) is -0.0488. The molecule has 0 spiro atoms. The van der Waals surface area contributed by atoms with Crippen molar-refractivity contribution in [3.63, 3.8) is 0 Å². The molecular formula is C14H19NO4. The predicted molar refractivity (Wildman–Crippen MR) is 70.1 cm³/mol. The van der Waals surface area contributed by atoms with Crippen LogP contribution in [0.1, 0.15) is 36.0 Å². The van der Waals surface area contributed by atoms with Crippen molar-refractivity contribution in [2.24, 2.45) is 0 Å². The standard InChI is InChI=1S/C14H19NO4/c16-9-7-10-4-1-2-8-15(10)14(19)13-11(17)5-3-6-12(13)18/h3,5-6,10,16-18H,1-2,4,7-9H2. The summed E-state index contributed by atoms with van der Waals surface area (Å²) in [6, 6.07) is 4.24. The highest BCUT2D eigenvalue weighted by atomic mass is 16.3. The first-order valence-electron chi connectivity index (χ1n) is 6.58. The van der Waals surface area contributed by atoms with Crippen LogP contribution in [-0.4, -0.2) is 45.3 Å². The summed E-state index contributed by atoms with van der Waals surface area (Å²) in [5.74, 6) is -0.787. The minimum absolute atomic E-state index is 0.0229. The maximum atomic E-state index is 12.5. The highest BCUT2D eigenvalue weighted by Crippen LogP contribution is 2.30. The molecule has 1 amide bonds. The first kappa shape index (κ1) is 13.7. The van der Waals surface area contributed by atoms with Crippen molar-refractivity contribution in [2.75, 3.05) is 13.2 Å². The number of carbonyl (C=O) groups excluding carboxylic acids is 1. The van der Waals surface area contributed by atoms with Crippen LogP contribution in [0, 0.1) is 0 Å². The van der Waals surface area contributed by atoms with Gasteiger partial charge in [-0.1, -0.05) is 6.07 Å². The van der Waals surface area contributed by atoms with Gasteiger partial charge in [0.05, 0.1) is 0 Å². The van der Waals surface area contributed by atoms with Crippen LogP contribution in [0.3, 0.4) is 0 Å². The third-order valence-electron chi connectivity index (χ3n) is 3.58. The molecule has 0 radical (unpaired) electrons. The van der Waals surface area contributed by atoms with Crippen LogP contribution in [0.4, 0.5) is 0 Å². The number of likely N-dealkylation sites (tertiary alicyclic amines) is 1. The number of hydrogen-bond donors (Lipinski definition) is 3. The molecule has 1 aromatic carbocycles. The van der Waals surface area contributed by atoms with E-state index in [9.17, 15) is 15.0 Å². The van der Waals surface area contributed by atoms with Gasteiger partial charge < -0.3 is 20.2 Å². The van der Waals surface area contributed by atoms with E-state index in [-0.39, 0.29) is 35.6 Å². The van der Waals surface area contributed by atoms with Gasteiger partial charge >= 0.3 is 0 Å². The van der Waals surface area contributed by atoms with Crippen LogP contribution in [0.5, 0.6) is 11.5 Å². The third-order valence-corrected chi connectivity index (χ3v) is 3.58. The number of hydrogen-bond acceptors (Lipinski definition) is 4. The van der Waals surface area contributed by atoms with Gasteiger partial charge in [0, 0.05) is 19.2 Å². The Morgan fingerprint density at radius 3 is 2.58 bits per heavy atom. The van der Waals surface area contributed by atoms with Crippen molar-refractivity contribution < 1.29 is 20.1 Å². The lowest BCUT2D eigenvalue weighted by atomic mass is 9.98. The Morgan fingerprint density at radius 1 is 1.26 bits per heavy atom. The molecule has 1 atom stereocenters. The van der Waals surface area contributed by atoms with Gasteiger partial charge in [0.1, 0.15) is 17.1 Å². The Bertz CT molecular complexity index is 439. The van der Waals surface area contributed by atoms with E-state index in [2.05, 4.69) is 0 Å². The van der Waals surface area contributed by atoms with Crippen molar-refractivity contribution in [3.05, 3.63) is 23.8 Å². The average molecular weight is 265 g/mol. The normalized spacial score (nSPS) is 19.4. The minimum atomic E-state index is -0.367.